The van der Waals surface area contributed by atoms with E-state index in [1.807, 2.05) is 19.1 Å². The van der Waals surface area contributed by atoms with Crippen molar-refractivity contribution in [3.63, 3.8) is 0 Å². The number of hydrogen-bond acceptors (Lipinski definition) is 3. The molecule has 0 atom stereocenters. The highest BCUT2D eigenvalue weighted by molar-refractivity contribution is 5.89. The first kappa shape index (κ1) is 12.9. The molecule has 98 valence electrons. The maximum atomic E-state index is 11.4. The normalized spacial score (nSPS) is 10.2. The van der Waals surface area contributed by atoms with Crippen LogP contribution in [0.5, 0.6) is 5.75 Å². The number of aromatic nitrogens is 1. The predicted octanol–water partition coefficient (Wildman–Crippen LogP) is 2.06. The number of pyridine rings is 1. The number of hydrogen-bond donors (Lipinski definition) is 2. The van der Waals surface area contributed by atoms with Crippen molar-refractivity contribution in [1.82, 2.24) is 4.98 Å². The van der Waals surface area contributed by atoms with Gasteiger partial charge in [0, 0.05) is 6.20 Å². The largest absolute Gasteiger partial charge is 0.497 e. The molecule has 1 aromatic heterocycles. The van der Waals surface area contributed by atoms with Crippen molar-refractivity contribution < 1.29 is 14.6 Å². The molecular formula is C14H13NO4. The van der Waals surface area contributed by atoms with Crippen molar-refractivity contribution >= 4 is 5.97 Å². The number of carbonyl (C=O) groups is 1. The maximum Gasteiger partial charge on any atom is 0.341 e. The molecule has 2 rings (SSSR count). The minimum atomic E-state index is -1.24. The van der Waals surface area contributed by atoms with Crippen molar-refractivity contribution in [2.75, 3.05) is 7.11 Å². The lowest BCUT2D eigenvalue weighted by molar-refractivity contribution is 0.0695. The Hall–Kier alpha value is -2.56. The highest BCUT2D eigenvalue weighted by Crippen LogP contribution is 2.26. The van der Waals surface area contributed by atoms with Gasteiger partial charge in [0.25, 0.3) is 5.56 Å². The van der Waals surface area contributed by atoms with Gasteiger partial charge in [0.1, 0.15) is 11.3 Å². The molecule has 0 bridgehead atoms. The van der Waals surface area contributed by atoms with E-state index in [-0.39, 0.29) is 5.56 Å². The molecule has 0 amide bonds. The van der Waals surface area contributed by atoms with Crippen molar-refractivity contribution in [2.24, 2.45) is 0 Å². The second-order valence-corrected chi connectivity index (χ2v) is 4.12. The molecule has 0 unspecified atom stereocenters. The van der Waals surface area contributed by atoms with E-state index in [2.05, 4.69) is 4.98 Å². The first-order valence-electron chi connectivity index (χ1n) is 5.64. The fraction of sp³-hybridized carbons (Fsp3) is 0.143. The Labute approximate surface area is 109 Å². The van der Waals surface area contributed by atoms with Crippen LogP contribution in [0.3, 0.4) is 0 Å². The second-order valence-electron chi connectivity index (χ2n) is 4.12. The molecule has 1 aromatic carbocycles. The zero-order chi connectivity index (χ0) is 14.0. The number of nitrogens with one attached hydrogen (secondary N) is 1. The summed E-state index contributed by atoms with van der Waals surface area (Å²) in [6.07, 6.45) is 1.50. The molecule has 0 saturated carbocycles. The van der Waals surface area contributed by atoms with Gasteiger partial charge in [-0.15, -0.1) is 0 Å². The van der Waals surface area contributed by atoms with E-state index < -0.39 is 11.5 Å². The Bertz CT molecular complexity index is 688. The Balaban J connectivity index is 2.56. The van der Waals surface area contributed by atoms with Gasteiger partial charge in [-0.25, -0.2) is 4.79 Å². The van der Waals surface area contributed by atoms with Crippen LogP contribution in [0, 0.1) is 6.92 Å². The average molecular weight is 259 g/mol. The van der Waals surface area contributed by atoms with Crippen molar-refractivity contribution in [3.05, 3.63) is 51.9 Å². The molecule has 5 nitrogen and oxygen atoms in total. The maximum absolute atomic E-state index is 11.4. The van der Waals surface area contributed by atoms with Crippen molar-refractivity contribution in [1.29, 1.82) is 0 Å². The number of rotatable bonds is 3. The summed E-state index contributed by atoms with van der Waals surface area (Å²) < 4.78 is 5.12. The summed E-state index contributed by atoms with van der Waals surface area (Å²) in [7, 11) is 1.58. The van der Waals surface area contributed by atoms with Crippen LogP contribution in [0.2, 0.25) is 0 Å². The second kappa shape index (κ2) is 4.97. The van der Waals surface area contributed by atoms with Gasteiger partial charge in [-0.1, -0.05) is 6.07 Å². The lowest BCUT2D eigenvalue weighted by atomic mass is 10.0. The highest BCUT2D eigenvalue weighted by atomic mass is 16.5. The van der Waals surface area contributed by atoms with Gasteiger partial charge in [-0.2, -0.15) is 0 Å². The number of carboxylic acid groups (broad SMARTS) is 1. The number of aryl methyl sites for hydroxylation is 1. The molecule has 2 N–H and O–H groups in total. The number of ether oxygens (including phenoxy) is 1. The van der Waals surface area contributed by atoms with Gasteiger partial charge in [0.05, 0.1) is 7.11 Å². The van der Waals surface area contributed by atoms with E-state index in [4.69, 9.17) is 9.84 Å². The van der Waals surface area contributed by atoms with Crippen LogP contribution in [0.1, 0.15) is 15.9 Å². The highest BCUT2D eigenvalue weighted by Gasteiger charge is 2.11. The minimum Gasteiger partial charge on any atom is -0.497 e. The fourth-order valence-electron chi connectivity index (χ4n) is 1.89. The molecule has 0 aliphatic heterocycles. The fourth-order valence-corrected chi connectivity index (χ4v) is 1.89. The molecular weight excluding hydrogens is 246 g/mol. The lowest BCUT2D eigenvalue weighted by Crippen LogP contribution is -2.16. The summed E-state index contributed by atoms with van der Waals surface area (Å²) in [5.41, 5.74) is 1.55. The molecule has 0 saturated heterocycles. The molecule has 19 heavy (non-hydrogen) atoms. The number of aromatic amines is 1. The van der Waals surface area contributed by atoms with Crippen LogP contribution < -0.4 is 10.3 Å². The number of benzene rings is 1. The topological polar surface area (TPSA) is 79.4 Å². The van der Waals surface area contributed by atoms with Crippen LogP contribution >= 0.6 is 0 Å². The zero-order valence-electron chi connectivity index (χ0n) is 10.6. The third-order valence-corrected chi connectivity index (χ3v) is 2.88. The Morgan fingerprint density at radius 2 is 2.05 bits per heavy atom. The van der Waals surface area contributed by atoms with Crippen LogP contribution in [0.25, 0.3) is 11.1 Å². The van der Waals surface area contributed by atoms with Crippen LogP contribution in [0.15, 0.2) is 35.3 Å². The van der Waals surface area contributed by atoms with E-state index in [9.17, 15) is 9.59 Å². The van der Waals surface area contributed by atoms with Crippen LogP contribution in [0.4, 0.5) is 0 Å². The number of methoxy groups -OCH3 is 1. The summed E-state index contributed by atoms with van der Waals surface area (Å²) in [5.74, 6) is -0.515. The van der Waals surface area contributed by atoms with E-state index in [1.54, 1.807) is 13.2 Å². The summed E-state index contributed by atoms with van der Waals surface area (Å²) in [6, 6.07) is 6.83. The Morgan fingerprint density at radius 3 is 2.63 bits per heavy atom. The summed E-state index contributed by atoms with van der Waals surface area (Å²) in [5, 5.41) is 8.95. The molecule has 0 radical (unpaired) electrons. The first-order chi connectivity index (χ1) is 9.02. The van der Waals surface area contributed by atoms with Gasteiger partial charge in [0.15, 0.2) is 0 Å². The molecule has 0 spiro atoms. The monoisotopic (exact) mass is 259 g/mol. The first-order valence-corrected chi connectivity index (χ1v) is 5.64. The molecule has 0 fully saturated rings. The van der Waals surface area contributed by atoms with Gasteiger partial charge < -0.3 is 14.8 Å². The number of H-pyrrole nitrogens is 1. The summed E-state index contributed by atoms with van der Waals surface area (Å²) in [4.78, 5) is 24.8. The van der Waals surface area contributed by atoms with Crippen LogP contribution in [-0.4, -0.2) is 23.2 Å². The molecule has 5 heteroatoms. The summed E-state index contributed by atoms with van der Waals surface area (Å²) >= 11 is 0. The van der Waals surface area contributed by atoms with Crippen molar-refractivity contribution in [3.8, 4) is 16.9 Å². The quantitative estimate of drug-likeness (QED) is 0.884. The van der Waals surface area contributed by atoms with E-state index >= 15 is 0 Å². The van der Waals surface area contributed by atoms with Gasteiger partial charge in [-0.05, 0) is 41.8 Å². The van der Waals surface area contributed by atoms with Crippen molar-refractivity contribution in [2.45, 2.75) is 6.92 Å². The number of carboxylic acids is 1. The summed E-state index contributed by atoms with van der Waals surface area (Å²) in [6.45, 7) is 1.89. The van der Waals surface area contributed by atoms with Gasteiger partial charge >= 0.3 is 5.97 Å². The zero-order valence-corrected chi connectivity index (χ0v) is 10.6. The molecule has 0 aliphatic carbocycles. The minimum absolute atomic E-state index is 0.271. The molecule has 1 heterocycles. The van der Waals surface area contributed by atoms with E-state index in [0.717, 1.165) is 16.9 Å². The lowest BCUT2D eigenvalue weighted by Gasteiger charge is -2.08. The average Bonchev–Trinajstić information content (AvgIpc) is 2.39. The Kier molecular flexibility index (Phi) is 3.37. The SMILES string of the molecule is COc1ccc(-c2c[nH]c(=O)c(C(=O)O)c2)c(C)c1. The predicted molar refractivity (Wildman–Crippen MR) is 70.7 cm³/mol. The van der Waals surface area contributed by atoms with Gasteiger partial charge in [-0.3, -0.25) is 4.79 Å². The van der Waals surface area contributed by atoms with Crippen LogP contribution in [-0.2, 0) is 0 Å². The van der Waals surface area contributed by atoms with Gasteiger partial charge in [0.2, 0.25) is 0 Å². The third-order valence-electron chi connectivity index (χ3n) is 2.88. The van der Waals surface area contributed by atoms with E-state index in [0.29, 0.717) is 5.56 Å². The smallest absolute Gasteiger partial charge is 0.341 e. The number of aromatic carboxylic acids is 1. The molecule has 2 aromatic rings. The molecule has 0 aliphatic rings. The third kappa shape index (κ3) is 2.49. The van der Waals surface area contributed by atoms with E-state index in [1.165, 1.54) is 12.3 Å². The Morgan fingerprint density at radius 1 is 1.32 bits per heavy atom. The standard InChI is InChI=1S/C14H13NO4/c1-8-5-10(19-2)3-4-11(8)9-6-12(14(17)18)13(16)15-7-9/h3-7H,1-2H3,(H,15,16)(H,17,18).